The number of nitrogens with one attached hydrogen (secondary N) is 1. The summed E-state index contributed by atoms with van der Waals surface area (Å²) in [6, 6.07) is 11.7. The van der Waals surface area contributed by atoms with E-state index >= 15 is 0 Å². The predicted octanol–water partition coefficient (Wildman–Crippen LogP) is 4.45. The zero-order chi connectivity index (χ0) is 13.8. The van der Waals surface area contributed by atoms with E-state index in [2.05, 4.69) is 63.3 Å². The molecule has 1 aromatic carbocycles. The molecule has 106 valence electrons. The Morgan fingerprint density at radius 3 is 2.37 bits per heavy atom. The van der Waals surface area contributed by atoms with Crippen molar-refractivity contribution in [2.45, 2.75) is 52.5 Å². The zero-order valence-corrected chi connectivity index (χ0v) is 12.9. The minimum absolute atomic E-state index is 0.601. The van der Waals surface area contributed by atoms with Gasteiger partial charge < -0.3 is 5.32 Å². The standard InChI is InChI=1S/C18H29N/c1-13(2)10-16(12-19-14(3)4)18-11-17(18)15-8-6-5-7-9-15/h5-9,13-14,16-19H,10-12H2,1-4H3. The molecule has 1 aliphatic rings. The molecule has 0 saturated heterocycles. The lowest BCUT2D eigenvalue weighted by molar-refractivity contribution is 0.335. The van der Waals surface area contributed by atoms with Gasteiger partial charge in [-0.1, -0.05) is 58.0 Å². The molecule has 19 heavy (non-hydrogen) atoms. The third-order valence-corrected chi connectivity index (χ3v) is 4.24. The van der Waals surface area contributed by atoms with Crippen molar-refractivity contribution in [1.82, 2.24) is 5.32 Å². The first-order chi connectivity index (χ1) is 9.08. The maximum Gasteiger partial charge on any atom is 0.00104 e. The fourth-order valence-corrected chi connectivity index (χ4v) is 3.22. The van der Waals surface area contributed by atoms with Gasteiger partial charge in [0.25, 0.3) is 0 Å². The van der Waals surface area contributed by atoms with Crippen molar-refractivity contribution >= 4 is 0 Å². The first kappa shape index (κ1) is 14.6. The number of hydrogen-bond donors (Lipinski definition) is 1. The molecule has 2 rings (SSSR count). The monoisotopic (exact) mass is 259 g/mol. The van der Waals surface area contributed by atoms with Crippen LogP contribution in [0, 0.1) is 17.8 Å². The molecule has 1 N–H and O–H groups in total. The lowest BCUT2D eigenvalue weighted by Gasteiger charge is -2.21. The number of rotatable bonds is 7. The summed E-state index contributed by atoms with van der Waals surface area (Å²) in [6.45, 7) is 10.4. The Morgan fingerprint density at radius 1 is 1.11 bits per heavy atom. The van der Waals surface area contributed by atoms with Gasteiger partial charge in [-0.15, -0.1) is 0 Å². The molecule has 3 unspecified atom stereocenters. The molecule has 1 fully saturated rings. The Hall–Kier alpha value is -0.820. The zero-order valence-electron chi connectivity index (χ0n) is 12.9. The van der Waals surface area contributed by atoms with Crippen LogP contribution in [0.15, 0.2) is 30.3 Å². The topological polar surface area (TPSA) is 12.0 Å². The van der Waals surface area contributed by atoms with E-state index in [1.807, 2.05) is 0 Å². The van der Waals surface area contributed by atoms with Crippen molar-refractivity contribution in [1.29, 1.82) is 0 Å². The summed E-state index contributed by atoms with van der Waals surface area (Å²) >= 11 is 0. The highest BCUT2D eigenvalue weighted by Gasteiger charge is 2.43. The predicted molar refractivity (Wildman–Crippen MR) is 83.4 cm³/mol. The average Bonchev–Trinajstić information content (AvgIpc) is 3.15. The summed E-state index contributed by atoms with van der Waals surface area (Å²) in [5.41, 5.74) is 1.55. The van der Waals surface area contributed by atoms with Crippen LogP contribution in [0.3, 0.4) is 0 Å². The molecule has 0 amide bonds. The molecule has 3 atom stereocenters. The first-order valence-electron chi connectivity index (χ1n) is 7.86. The van der Waals surface area contributed by atoms with Gasteiger partial charge in [-0.25, -0.2) is 0 Å². The van der Waals surface area contributed by atoms with Crippen LogP contribution < -0.4 is 5.32 Å². The van der Waals surface area contributed by atoms with Crippen molar-refractivity contribution in [3.8, 4) is 0 Å². The largest absolute Gasteiger partial charge is 0.314 e. The van der Waals surface area contributed by atoms with Gasteiger partial charge in [0.1, 0.15) is 0 Å². The number of hydrogen-bond acceptors (Lipinski definition) is 1. The highest BCUT2D eigenvalue weighted by Crippen LogP contribution is 2.53. The molecule has 0 aliphatic heterocycles. The van der Waals surface area contributed by atoms with Crippen LogP contribution in [0.5, 0.6) is 0 Å². The van der Waals surface area contributed by atoms with E-state index in [0.717, 1.165) is 23.7 Å². The second-order valence-electron chi connectivity index (χ2n) is 6.87. The molecule has 1 heteroatoms. The van der Waals surface area contributed by atoms with Crippen molar-refractivity contribution in [2.75, 3.05) is 6.54 Å². The molecule has 1 aromatic rings. The van der Waals surface area contributed by atoms with Crippen molar-refractivity contribution in [3.63, 3.8) is 0 Å². The Morgan fingerprint density at radius 2 is 1.79 bits per heavy atom. The molecule has 0 radical (unpaired) electrons. The lowest BCUT2D eigenvalue weighted by Crippen LogP contribution is -2.30. The normalized spacial score (nSPS) is 23.9. The Kier molecular flexibility index (Phi) is 5.04. The molecule has 0 heterocycles. The van der Waals surface area contributed by atoms with E-state index in [1.54, 1.807) is 5.56 Å². The van der Waals surface area contributed by atoms with E-state index in [4.69, 9.17) is 0 Å². The molecule has 0 aromatic heterocycles. The maximum absolute atomic E-state index is 3.64. The van der Waals surface area contributed by atoms with E-state index < -0.39 is 0 Å². The highest BCUT2D eigenvalue weighted by atomic mass is 14.9. The molecule has 0 bridgehead atoms. The fourth-order valence-electron chi connectivity index (χ4n) is 3.22. The maximum atomic E-state index is 3.64. The SMILES string of the molecule is CC(C)CC(CNC(C)C)C1CC1c1ccccc1. The molecular weight excluding hydrogens is 230 g/mol. The van der Waals surface area contributed by atoms with Gasteiger partial charge in [0.05, 0.1) is 0 Å². The second-order valence-corrected chi connectivity index (χ2v) is 6.87. The summed E-state index contributed by atoms with van der Waals surface area (Å²) in [5.74, 6) is 3.36. The molecular formula is C18H29N. The molecule has 1 nitrogen and oxygen atoms in total. The van der Waals surface area contributed by atoms with Crippen LogP contribution >= 0.6 is 0 Å². The van der Waals surface area contributed by atoms with Gasteiger partial charge in [0, 0.05) is 6.04 Å². The minimum Gasteiger partial charge on any atom is -0.314 e. The third kappa shape index (κ3) is 4.35. The van der Waals surface area contributed by atoms with E-state index in [-0.39, 0.29) is 0 Å². The third-order valence-electron chi connectivity index (χ3n) is 4.24. The van der Waals surface area contributed by atoms with Gasteiger partial charge in [0.15, 0.2) is 0 Å². The van der Waals surface area contributed by atoms with Gasteiger partial charge in [-0.05, 0) is 48.6 Å². The second kappa shape index (κ2) is 6.56. The Labute approximate surface area is 118 Å². The highest BCUT2D eigenvalue weighted by molar-refractivity contribution is 5.26. The van der Waals surface area contributed by atoms with Crippen LogP contribution in [0.1, 0.15) is 52.0 Å². The van der Waals surface area contributed by atoms with Gasteiger partial charge in [0.2, 0.25) is 0 Å². The van der Waals surface area contributed by atoms with Crippen LogP contribution in [-0.4, -0.2) is 12.6 Å². The summed E-state index contributed by atoms with van der Waals surface area (Å²) in [6.07, 6.45) is 2.74. The van der Waals surface area contributed by atoms with Crippen LogP contribution in [-0.2, 0) is 0 Å². The summed E-state index contributed by atoms with van der Waals surface area (Å²) < 4.78 is 0. The quantitative estimate of drug-likeness (QED) is 0.763. The molecule has 1 saturated carbocycles. The number of benzene rings is 1. The van der Waals surface area contributed by atoms with E-state index in [0.29, 0.717) is 6.04 Å². The minimum atomic E-state index is 0.601. The molecule has 0 spiro atoms. The van der Waals surface area contributed by atoms with Crippen molar-refractivity contribution in [2.24, 2.45) is 17.8 Å². The van der Waals surface area contributed by atoms with Crippen LogP contribution in [0.2, 0.25) is 0 Å². The summed E-state index contributed by atoms with van der Waals surface area (Å²) in [7, 11) is 0. The van der Waals surface area contributed by atoms with E-state index in [9.17, 15) is 0 Å². The Balaban J connectivity index is 1.93. The van der Waals surface area contributed by atoms with Gasteiger partial charge in [-0.3, -0.25) is 0 Å². The van der Waals surface area contributed by atoms with Crippen molar-refractivity contribution < 1.29 is 0 Å². The average molecular weight is 259 g/mol. The van der Waals surface area contributed by atoms with Crippen LogP contribution in [0.25, 0.3) is 0 Å². The summed E-state index contributed by atoms with van der Waals surface area (Å²) in [5, 5.41) is 3.64. The first-order valence-corrected chi connectivity index (χ1v) is 7.86. The fraction of sp³-hybridized carbons (Fsp3) is 0.667. The smallest absolute Gasteiger partial charge is 0.00104 e. The van der Waals surface area contributed by atoms with Gasteiger partial charge >= 0.3 is 0 Å². The Bertz CT molecular complexity index is 369. The van der Waals surface area contributed by atoms with E-state index in [1.165, 1.54) is 19.4 Å². The summed E-state index contributed by atoms with van der Waals surface area (Å²) in [4.78, 5) is 0. The lowest BCUT2D eigenvalue weighted by atomic mass is 9.90. The van der Waals surface area contributed by atoms with Crippen molar-refractivity contribution in [3.05, 3.63) is 35.9 Å². The van der Waals surface area contributed by atoms with Gasteiger partial charge in [-0.2, -0.15) is 0 Å². The van der Waals surface area contributed by atoms with Crippen LogP contribution in [0.4, 0.5) is 0 Å². The molecule has 1 aliphatic carbocycles.